The Labute approximate surface area is 110 Å². The standard InChI is InChI=1S/C12H14N2OS2/c1-3-15-6-11-13-10(5-12(16)14-11)9-4-8(2)17-7-9/h4-5,7H,3,6H2,1-2H3,(H,13,14,16). The third kappa shape index (κ3) is 3.21. The van der Waals surface area contributed by atoms with Crippen LogP contribution in [0.4, 0.5) is 0 Å². The van der Waals surface area contributed by atoms with E-state index in [4.69, 9.17) is 17.0 Å². The first kappa shape index (κ1) is 12.4. The van der Waals surface area contributed by atoms with E-state index < -0.39 is 0 Å². The normalized spacial score (nSPS) is 10.7. The molecule has 0 aromatic carbocycles. The lowest BCUT2D eigenvalue weighted by Crippen LogP contribution is -2.00. The van der Waals surface area contributed by atoms with Gasteiger partial charge in [0.2, 0.25) is 0 Å². The van der Waals surface area contributed by atoms with Gasteiger partial charge in [0.05, 0.1) is 5.69 Å². The number of aryl methyl sites for hydroxylation is 1. The summed E-state index contributed by atoms with van der Waals surface area (Å²) in [6, 6.07) is 4.02. The molecule has 0 aliphatic heterocycles. The van der Waals surface area contributed by atoms with Crippen molar-refractivity contribution in [3.63, 3.8) is 0 Å². The molecule has 3 nitrogen and oxygen atoms in total. The van der Waals surface area contributed by atoms with Crippen molar-refractivity contribution < 1.29 is 4.74 Å². The van der Waals surface area contributed by atoms with Crippen molar-refractivity contribution in [1.82, 2.24) is 9.97 Å². The molecule has 17 heavy (non-hydrogen) atoms. The van der Waals surface area contributed by atoms with Gasteiger partial charge in [-0.3, -0.25) is 0 Å². The van der Waals surface area contributed by atoms with E-state index in [0.29, 0.717) is 17.9 Å². The van der Waals surface area contributed by atoms with Crippen LogP contribution in [0.5, 0.6) is 0 Å². The zero-order chi connectivity index (χ0) is 12.3. The fraction of sp³-hybridized carbons (Fsp3) is 0.333. The lowest BCUT2D eigenvalue weighted by molar-refractivity contribution is 0.128. The number of rotatable bonds is 4. The third-order valence-electron chi connectivity index (χ3n) is 2.28. The second-order valence-corrected chi connectivity index (χ2v) is 5.20. The summed E-state index contributed by atoms with van der Waals surface area (Å²) in [4.78, 5) is 8.77. The van der Waals surface area contributed by atoms with E-state index in [0.717, 1.165) is 17.1 Å². The SMILES string of the molecule is CCOCc1nc(=S)cc(-c2csc(C)c2)[nH]1. The molecule has 0 spiro atoms. The third-order valence-corrected chi connectivity index (χ3v) is 3.35. The number of nitrogens with one attached hydrogen (secondary N) is 1. The smallest absolute Gasteiger partial charge is 0.134 e. The summed E-state index contributed by atoms with van der Waals surface area (Å²) in [6.07, 6.45) is 0. The highest BCUT2D eigenvalue weighted by molar-refractivity contribution is 7.71. The topological polar surface area (TPSA) is 37.9 Å². The fourth-order valence-electron chi connectivity index (χ4n) is 1.52. The van der Waals surface area contributed by atoms with Gasteiger partial charge in [0.15, 0.2) is 0 Å². The molecule has 2 aromatic rings. The average molecular weight is 266 g/mol. The minimum absolute atomic E-state index is 0.469. The largest absolute Gasteiger partial charge is 0.374 e. The molecular formula is C12H14N2OS2. The van der Waals surface area contributed by atoms with Gasteiger partial charge < -0.3 is 9.72 Å². The average Bonchev–Trinajstić information content (AvgIpc) is 2.72. The van der Waals surface area contributed by atoms with Crippen molar-refractivity contribution >= 4 is 23.6 Å². The van der Waals surface area contributed by atoms with Gasteiger partial charge in [-0.2, -0.15) is 0 Å². The minimum Gasteiger partial charge on any atom is -0.374 e. The molecule has 0 aliphatic carbocycles. The molecule has 2 rings (SSSR count). The molecule has 0 saturated heterocycles. The molecule has 1 N–H and O–H groups in total. The van der Waals surface area contributed by atoms with Crippen molar-refractivity contribution in [2.24, 2.45) is 0 Å². The Morgan fingerprint density at radius 1 is 1.47 bits per heavy atom. The molecule has 0 radical (unpaired) electrons. The maximum absolute atomic E-state index is 5.33. The summed E-state index contributed by atoms with van der Waals surface area (Å²) >= 11 is 6.88. The second-order valence-electron chi connectivity index (χ2n) is 3.66. The molecular weight excluding hydrogens is 252 g/mol. The Morgan fingerprint density at radius 2 is 2.29 bits per heavy atom. The van der Waals surface area contributed by atoms with Gasteiger partial charge in [0, 0.05) is 22.4 Å². The number of H-pyrrole nitrogens is 1. The number of ether oxygens (including phenoxy) is 1. The minimum atomic E-state index is 0.469. The van der Waals surface area contributed by atoms with Gasteiger partial charge >= 0.3 is 0 Å². The van der Waals surface area contributed by atoms with Crippen LogP contribution in [0.2, 0.25) is 0 Å². The number of aromatic amines is 1. The Bertz CT molecular complexity index is 560. The number of hydrogen-bond donors (Lipinski definition) is 1. The number of hydrogen-bond acceptors (Lipinski definition) is 4. The van der Waals surface area contributed by atoms with Gasteiger partial charge in [0.1, 0.15) is 17.1 Å². The Hall–Kier alpha value is -1.04. The number of thiophene rings is 1. The lowest BCUT2D eigenvalue weighted by atomic mass is 10.2. The Balaban J connectivity index is 2.34. The van der Waals surface area contributed by atoms with Crippen molar-refractivity contribution in [2.75, 3.05) is 6.61 Å². The van der Waals surface area contributed by atoms with Gasteiger partial charge in [-0.15, -0.1) is 11.3 Å². The molecule has 0 amide bonds. The van der Waals surface area contributed by atoms with Crippen LogP contribution in [0.3, 0.4) is 0 Å². The Morgan fingerprint density at radius 3 is 2.94 bits per heavy atom. The zero-order valence-corrected chi connectivity index (χ0v) is 11.5. The van der Waals surface area contributed by atoms with Crippen molar-refractivity contribution in [3.05, 3.63) is 32.9 Å². The molecule has 0 fully saturated rings. The molecule has 2 heterocycles. The number of aromatic nitrogens is 2. The van der Waals surface area contributed by atoms with Gasteiger partial charge in [-0.1, -0.05) is 12.2 Å². The summed E-state index contributed by atoms with van der Waals surface area (Å²) in [6.45, 7) is 5.19. The molecule has 0 aliphatic rings. The maximum Gasteiger partial charge on any atom is 0.134 e. The number of nitrogens with zero attached hydrogens (tertiary/aromatic N) is 1. The van der Waals surface area contributed by atoms with E-state index >= 15 is 0 Å². The zero-order valence-electron chi connectivity index (χ0n) is 9.82. The monoisotopic (exact) mass is 266 g/mol. The van der Waals surface area contributed by atoms with E-state index in [1.165, 1.54) is 4.88 Å². The van der Waals surface area contributed by atoms with E-state index in [1.54, 1.807) is 11.3 Å². The molecule has 0 bridgehead atoms. The highest BCUT2D eigenvalue weighted by Gasteiger charge is 2.03. The predicted molar refractivity (Wildman–Crippen MR) is 72.8 cm³/mol. The van der Waals surface area contributed by atoms with Crippen molar-refractivity contribution in [1.29, 1.82) is 0 Å². The second kappa shape index (κ2) is 5.53. The maximum atomic E-state index is 5.33. The van der Waals surface area contributed by atoms with E-state index in [1.807, 2.05) is 13.0 Å². The molecule has 90 valence electrons. The molecule has 5 heteroatoms. The van der Waals surface area contributed by atoms with E-state index in [2.05, 4.69) is 28.3 Å². The van der Waals surface area contributed by atoms with Gasteiger partial charge in [-0.25, -0.2) is 4.98 Å². The lowest BCUT2D eigenvalue weighted by Gasteiger charge is -2.04. The summed E-state index contributed by atoms with van der Waals surface area (Å²) in [7, 11) is 0. The molecule has 0 atom stereocenters. The van der Waals surface area contributed by atoms with Crippen LogP contribution in [-0.4, -0.2) is 16.6 Å². The first-order valence-corrected chi connectivity index (χ1v) is 6.71. The van der Waals surface area contributed by atoms with Crippen LogP contribution in [0.1, 0.15) is 17.6 Å². The summed E-state index contributed by atoms with van der Waals surface area (Å²) in [5.74, 6) is 0.776. The predicted octanol–water partition coefficient (Wildman–Crippen LogP) is 3.71. The fourth-order valence-corrected chi connectivity index (χ4v) is 2.45. The first-order chi connectivity index (χ1) is 8.19. The summed E-state index contributed by atoms with van der Waals surface area (Å²) in [5.41, 5.74) is 2.16. The van der Waals surface area contributed by atoms with E-state index in [9.17, 15) is 0 Å². The Kier molecular flexibility index (Phi) is 4.04. The van der Waals surface area contributed by atoms with E-state index in [-0.39, 0.29) is 0 Å². The molecule has 2 aromatic heterocycles. The van der Waals surface area contributed by atoms with Crippen molar-refractivity contribution in [2.45, 2.75) is 20.5 Å². The highest BCUT2D eigenvalue weighted by atomic mass is 32.1. The van der Waals surface area contributed by atoms with Crippen LogP contribution < -0.4 is 0 Å². The van der Waals surface area contributed by atoms with Gasteiger partial charge in [0.25, 0.3) is 0 Å². The van der Waals surface area contributed by atoms with Crippen LogP contribution in [0, 0.1) is 11.6 Å². The van der Waals surface area contributed by atoms with Crippen LogP contribution >= 0.6 is 23.6 Å². The van der Waals surface area contributed by atoms with Crippen LogP contribution in [0.25, 0.3) is 11.3 Å². The van der Waals surface area contributed by atoms with Gasteiger partial charge in [-0.05, 0) is 26.0 Å². The first-order valence-electron chi connectivity index (χ1n) is 5.42. The van der Waals surface area contributed by atoms with Crippen molar-refractivity contribution in [3.8, 4) is 11.3 Å². The van der Waals surface area contributed by atoms with Crippen LogP contribution in [0.15, 0.2) is 17.5 Å². The highest BCUT2D eigenvalue weighted by Crippen LogP contribution is 2.23. The quantitative estimate of drug-likeness (QED) is 0.857. The summed E-state index contributed by atoms with van der Waals surface area (Å²) in [5, 5.41) is 2.11. The van der Waals surface area contributed by atoms with Crippen LogP contribution in [-0.2, 0) is 11.3 Å². The summed E-state index contributed by atoms with van der Waals surface area (Å²) < 4.78 is 5.93. The molecule has 0 unspecified atom stereocenters. The molecule has 0 saturated carbocycles.